The Bertz CT molecular complexity index is 640. The van der Waals surface area contributed by atoms with E-state index >= 15 is 0 Å². The van der Waals surface area contributed by atoms with Gasteiger partial charge in [0, 0.05) is 19.5 Å². The highest BCUT2D eigenvalue weighted by Gasteiger charge is 2.05. The van der Waals surface area contributed by atoms with Crippen molar-refractivity contribution in [1.29, 1.82) is 0 Å². The van der Waals surface area contributed by atoms with Crippen LogP contribution in [0.4, 0.5) is 0 Å². The van der Waals surface area contributed by atoms with E-state index in [-0.39, 0.29) is 5.97 Å². The van der Waals surface area contributed by atoms with Crippen LogP contribution >= 0.6 is 0 Å². The highest BCUT2D eigenvalue weighted by molar-refractivity contribution is 5.69. The summed E-state index contributed by atoms with van der Waals surface area (Å²) in [6.07, 6.45) is 2.30. The SMILES string of the molecule is CCOC(=O)CCN(C)CCc1ccc(OCCc2ccccc2)cc1. The van der Waals surface area contributed by atoms with Crippen LogP contribution in [0.25, 0.3) is 0 Å². The number of rotatable bonds is 11. The normalized spacial score (nSPS) is 10.7. The summed E-state index contributed by atoms with van der Waals surface area (Å²) < 4.78 is 10.8. The molecular formula is C22H29NO3. The minimum atomic E-state index is -0.128. The molecule has 0 spiro atoms. The van der Waals surface area contributed by atoms with Gasteiger partial charge in [-0.25, -0.2) is 0 Å². The molecule has 0 aliphatic carbocycles. The molecule has 0 unspecified atom stereocenters. The Hall–Kier alpha value is -2.33. The predicted molar refractivity (Wildman–Crippen MR) is 105 cm³/mol. The molecule has 0 saturated carbocycles. The first-order valence-corrected chi connectivity index (χ1v) is 9.27. The summed E-state index contributed by atoms with van der Waals surface area (Å²) in [4.78, 5) is 13.5. The van der Waals surface area contributed by atoms with E-state index in [0.717, 1.165) is 31.7 Å². The minimum absolute atomic E-state index is 0.128. The number of benzene rings is 2. The number of likely N-dealkylation sites (N-methyl/N-ethyl adjacent to an activating group) is 1. The maximum absolute atomic E-state index is 11.4. The summed E-state index contributed by atoms with van der Waals surface area (Å²) in [7, 11) is 2.03. The van der Waals surface area contributed by atoms with Gasteiger partial charge in [-0.05, 0) is 43.7 Å². The van der Waals surface area contributed by atoms with Crippen molar-refractivity contribution in [3.05, 3.63) is 65.7 Å². The topological polar surface area (TPSA) is 38.8 Å². The van der Waals surface area contributed by atoms with E-state index in [1.165, 1.54) is 11.1 Å². The molecule has 0 aliphatic rings. The molecule has 26 heavy (non-hydrogen) atoms. The van der Waals surface area contributed by atoms with Gasteiger partial charge in [-0.2, -0.15) is 0 Å². The van der Waals surface area contributed by atoms with E-state index in [2.05, 4.69) is 29.2 Å². The lowest BCUT2D eigenvalue weighted by atomic mass is 10.1. The van der Waals surface area contributed by atoms with Crippen LogP contribution in [0, 0.1) is 0 Å². The molecule has 0 atom stereocenters. The molecule has 0 heterocycles. The van der Waals surface area contributed by atoms with Gasteiger partial charge in [0.2, 0.25) is 0 Å². The van der Waals surface area contributed by atoms with Crippen molar-refractivity contribution in [2.75, 3.05) is 33.4 Å². The number of carbonyl (C=O) groups excluding carboxylic acids is 1. The molecule has 140 valence electrons. The summed E-state index contributed by atoms with van der Waals surface area (Å²) >= 11 is 0. The molecule has 2 rings (SSSR count). The van der Waals surface area contributed by atoms with Gasteiger partial charge in [-0.15, -0.1) is 0 Å². The van der Waals surface area contributed by atoms with E-state index in [9.17, 15) is 4.79 Å². The van der Waals surface area contributed by atoms with Crippen molar-refractivity contribution in [2.45, 2.75) is 26.2 Å². The molecule has 0 radical (unpaired) electrons. The highest BCUT2D eigenvalue weighted by Crippen LogP contribution is 2.13. The van der Waals surface area contributed by atoms with Crippen LogP contribution in [0.1, 0.15) is 24.5 Å². The van der Waals surface area contributed by atoms with E-state index in [4.69, 9.17) is 9.47 Å². The molecule has 0 bridgehead atoms. The second kappa shape index (κ2) is 11.3. The van der Waals surface area contributed by atoms with Gasteiger partial charge in [0.15, 0.2) is 0 Å². The average molecular weight is 355 g/mol. The molecule has 0 saturated heterocycles. The number of ether oxygens (including phenoxy) is 2. The summed E-state index contributed by atoms with van der Waals surface area (Å²) in [5.41, 5.74) is 2.55. The first-order valence-electron chi connectivity index (χ1n) is 9.27. The van der Waals surface area contributed by atoms with Gasteiger partial charge < -0.3 is 14.4 Å². The number of nitrogens with zero attached hydrogens (tertiary/aromatic N) is 1. The minimum Gasteiger partial charge on any atom is -0.493 e. The molecular weight excluding hydrogens is 326 g/mol. The first kappa shape index (κ1) is 20.0. The standard InChI is InChI=1S/C22H29NO3/c1-3-25-22(24)14-17-23(2)16-13-20-9-11-21(12-10-20)26-18-15-19-7-5-4-6-8-19/h4-12H,3,13-18H2,1-2H3. The summed E-state index contributed by atoms with van der Waals surface area (Å²) in [5, 5.41) is 0. The Kier molecular flexibility index (Phi) is 8.70. The van der Waals surface area contributed by atoms with Crippen LogP contribution in [-0.2, 0) is 22.4 Å². The second-order valence-electron chi connectivity index (χ2n) is 6.34. The van der Waals surface area contributed by atoms with E-state index in [1.54, 1.807) is 0 Å². The fraction of sp³-hybridized carbons (Fsp3) is 0.409. The average Bonchev–Trinajstić information content (AvgIpc) is 2.67. The van der Waals surface area contributed by atoms with Gasteiger partial charge in [0.25, 0.3) is 0 Å². The zero-order valence-electron chi connectivity index (χ0n) is 15.8. The first-order chi connectivity index (χ1) is 12.7. The van der Waals surface area contributed by atoms with Crippen LogP contribution in [-0.4, -0.2) is 44.2 Å². The maximum atomic E-state index is 11.4. The van der Waals surface area contributed by atoms with Gasteiger partial charge in [0.05, 0.1) is 19.6 Å². The smallest absolute Gasteiger partial charge is 0.307 e. The van der Waals surface area contributed by atoms with Crippen molar-refractivity contribution in [3.63, 3.8) is 0 Å². The van der Waals surface area contributed by atoms with Crippen molar-refractivity contribution in [2.24, 2.45) is 0 Å². The molecule has 4 heteroatoms. The summed E-state index contributed by atoms with van der Waals surface area (Å²) in [6.45, 7) is 4.59. The largest absolute Gasteiger partial charge is 0.493 e. The van der Waals surface area contributed by atoms with Crippen LogP contribution in [0.2, 0.25) is 0 Å². The molecule has 2 aromatic carbocycles. The molecule has 0 aromatic heterocycles. The third-order valence-corrected chi connectivity index (χ3v) is 4.21. The zero-order chi connectivity index (χ0) is 18.6. The lowest BCUT2D eigenvalue weighted by Gasteiger charge is -2.16. The predicted octanol–water partition coefficient (Wildman–Crippen LogP) is 3.74. The van der Waals surface area contributed by atoms with Gasteiger partial charge >= 0.3 is 5.97 Å². The monoisotopic (exact) mass is 355 g/mol. The Morgan fingerprint density at radius 2 is 1.62 bits per heavy atom. The van der Waals surface area contributed by atoms with Crippen molar-refractivity contribution in [1.82, 2.24) is 4.90 Å². The lowest BCUT2D eigenvalue weighted by Crippen LogP contribution is -2.24. The molecule has 0 amide bonds. The molecule has 0 aliphatic heterocycles. The lowest BCUT2D eigenvalue weighted by molar-refractivity contribution is -0.143. The number of carbonyl (C=O) groups is 1. The quantitative estimate of drug-likeness (QED) is 0.576. The Balaban J connectivity index is 1.66. The van der Waals surface area contributed by atoms with Crippen LogP contribution in [0.3, 0.4) is 0 Å². The second-order valence-corrected chi connectivity index (χ2v) is 6.34. The van der Waals surface area contributed by atoms with Crippen LogP contribution in [0.5, 0.6) is 5.75 Å². The van der Waals surface area contributed by atoms with Gasteiger partial charge in [0.1, 0.15) is 5.75 Å². The Labute approximate surface area is 156 Å². The zero-order valence-corrected chi connectivity index (χ0v) is 15.8. The highest BCUT2D eigenvalue weighted by atomic mass is 16.5. The fourth-order valence-corrected chi connectivity index (χ4v) is 2.63. The van der Waals surface area contributed by atoms with Crippen LogP contribution < -0.4 is 4.74 Å². The number of esters is 1. The number of hydrogen-bond acceptors (Lipinski definition) is 4. The fourth-order valence-electron chi connectivity index (χ4n) is 2.63. The number of hydrogen-bond donors (Lipinski definition) is 0. The molecule has 0 N–H and O–H groups in total. The third-order valence-electron chi connectivity index (χ3n) is 4.21. The molecule has 2 aromatic rings. The Morgan fingerprint density at radius 3 is 2.31 bits per heavy atom. The Morgan fingerprint density at radius 1 is 0.923 bits per heavy atom. The summed E-state index contributed by atoms with van der Waals surface area (Å²) in [5.74, 6) is 0.775. The van der Waals surface area contributed by atoms with E-state index in [0.29, 0.717) is 19.6 Å². The van der Waals surface area contributed by atoms with Crippen LogP contribution in [0.15, 0.2) is 54.6 Å². The van der Waals surface area contributed by atoms with Crippen molar-refractivity contribution >= 4 is 5.97 Å². The van der Waals surface area contributed by atoms with Gasteiger partial charge in [-0.3, -0.25) is 4.79 Å². The maximum Gasteiger partial charge on any atom is 0.307 e. The molecule has 0 fully saturated rings. The van der Waals surface area contributed by atoms with Gasteiger partial charge in [-0.1, -0.05) is 42.5 Å². The van der Waals surface area contributed by atoms with Crippen molar-refractivity contribution in [3.8, 4) is 5.75 Å². The van der Waals surface area contributed by atoms with E-state index < -0.39 is 0 Å². The summed E-state index contributed by atoms with van der Waals surface area (Å²) in [6, 6.07) is 18.6. The third kappa shape index (κ3) is 7.70. The molecule has 4 nitrogen and oxygen atoms in total. The van der Waals surface area contributed by atoms with E-state index in [1.807, 2.05) is 44.3 Å². The van der Waals surface area contributed by atoms with Crippen molar-refractivity contribution < 1.29 is 14.3 Å².